The van der Waals surface area contributed by atoms with E-state index in [1.165, 1.54) is 0 Å². The Bertz CT molecular complexity index is 409. The van der Waals surface area contributed by atoms with Crippen molar-refractivity contribution in [2.75, 3.05) is 25.4 Å². The molecule has 1 radical (unpaired) electrons. The maximum absolute atomic E-state index is 6.13. The molecule has 0 bridgehead atoms. The molecule has 105 valence electrons. The molecule has 0 aromatic heterocycles. The molecule has 0 aliphatic carbocycles. The minimum Gasteiger partial charge on any atom is -0.399 e. The van der Waals surface area contributed by atoms with Crippen LogP contribution in [0.2, 0.25) is 0 Å². The molecule has 0 spiro atoms. The Morgan fingerprint density at radius 3 is 2.63 bits per heavy atom. The first-order chi connectivity index (χ1) is 9.07. The van der Waals surface area contributed by atoms with Gasteiger partial charge in [-0.3, -0.25) is 0 Å². The summed E-state index contributed by atoms with van der Waals surface area (Å²) in [4.78, 5) is 2.50. The van der Waals surface area contributed by atoms with E-state index in [1.54, 1.807) is 0 Å². The summed E-state index contributed by atoms with van der Waals surface area (Å²) >= 11 is 0. The molecular formula is C16H25N2O. The molecule has 0 saturated carbocycles. The number of anilines is 1. The largest absolute Gasteiger partial charge is 0.399 e. The van der Waals surface area contributed by atoms with Crippen LogP contribution in [0.5, 0.6) is 0 Å². The molecule has 3 heteroatoms. The average Bonchev–Trinajstić information content (AvgIpc) is 2.39. The van der Waals surface area contributed by atoms with Crippen molar-refractivity contribution in [3.05, 3.63) is 29.8 Å². The zero-order chi connectivity index (χ0) is 13.9. The first-order valence-corrected chi connectivity index (χ1v) is 7.23. The second kappa shape index (κ2) is 5.93. The Kier molecular flexibility index (Phi) is 4.48. The highest BCUT2D eigenvalue weighted by atomic mass is 16.5. The van der Waals surface area contributed by atoms with Crippen molar-refractivity contribution in [2.24, 2.45) is 0 Å². The molecule has 1 aromatic carbocycles. The lowest BCUT2D eigenvalue weighted by molar-refractivity contribution is -0.0887. The van der Waals surface area contributed by atoms with Crippen molar-refractivity contribution in [2.45, 2.75) is 45.3 Å². The number of piperidine rings is 1. The van der Waals surface area contributed by atoms with E-state index in [9.17, 15) is 0 Å². The molecule has 1 heterocycles. The van der Waals surface area contributed by atoms with Crippen LogP contribution in [0.1, 0.15) is 39.2 Å². The quantitative estimate of drug-likeness (QED) is 0.847. The van der Waals surface area contributed by atoms with Crippen LogP contribution in [0, 0.1) is 6.07 Å². The first kappa shape index (κ1) is 14.4. The molecule has 1 aliphatic heterocycles. The van der Waals surface area contributed by atoms with E-state index in [-0.39, 0.29) is 5.60 Å². The monoisotopic (exact) mass is 261 g/mol. The van der Waals surface area contributed by atoms with Gasteiger partial charge in [0.25, 0.3) is 0 Å². The van der Waals surface area contributed by atoms with Crippen LogP contribution in [-0.2, 0) is 10.3 Å². The number of likely N-dealkylation sites (tertiary alicyclic amines) is 1. The molecule has 2 rings (SSSR count). The van der Waals surface area contributed by atoms with E-state index in [4.69, 9.17) is 10.5 Å². The SMILES string of the molecule is CCOC1(c2[c]ccc(N)c2)CCN(C(C)C)CC1. The normalized spacial score (nSPS) is 19.8. The smallest absolute Gasteiger partial charge is 0.0962 e. The molecular weight excluding hydrogens is 236 g/mol. The number of nitrogens with two attached hydrogens (primary N) is 1. The van der Waals surface area contributed by atoms with Gasteiger partial charge in [-0.2, -0.15) is 0 Å². The molecule has 19 heavy (non-hydrogen) atoms. The molecule has 1 fully saturated rings. The molecule has 0 unspecified atom stereocenters. The lowest BCUT2D eigenvalue weighted by Crippen LogP contribution is -2.46. The lowest BCUT2D eigenvalue weighted by atomic mass is 9.83. The number of hydrogen-bond acceptors (Lipinski definition) is 3. The van der Waals surface area contributed by atoms with Crippen molar-refractivity contribution in [3.63, 3.8) is 0 Å². The third-order valence-corrected chi connectivity index (χ3v) is 4.07. The van der Waals surface area contributed by atoms with Gasteiger partial charge in [0, 0.05) is 31.4 Å². The zero-order valence-corrected chi connectivity index (χ0v) is 12.3. The van der Waals surface area contributed by atoms with Crippen molar-refractivity contribution in [1.29, 1.82) is 0 Å². The zero-order valence-electron chi connectivity index (χ0n) is 12.3. The molecule has 3 nitrogen and oxygen atoms in total. The van der Waals surface area contributed by atoms with Crippen LogP contribution in [-0.4, -0.2) is 30.6 Å². The summed E-state index contributed by atoms with van der Waals surface area (Å²) in [5.41, 5.74) is 7.61. The van der Waals surface area contributed by atoms with Crippen LogP contribution >= 0.6 is 0 Å². The summed E-state index contributed by atoms with van der Waals surface area (Å²) in [5, 5.41) is 0. The Hall–Kier alpha value is -1.06. The van der Waals surface area contributed by atoms with Crippen LogP contribution in [0.25, 0.3) is 0 Å². The summed E-state index contributed by atoms with van der Waals surface area (Å²) in [6.45, 7) is 9.43. The fraction of sp³-hybridized carbons (Fsp3) is 0.625. The second-order valence-corrected chi connectivity index (χ2v) is 5.59. The van der Waals surface area contributed by atoms with Crippen molar-refractivity contribution >= 4 is 5.69 Å². The molecule has 1 saturated heterocycles. The third-order valence-electron chi connectivity index (χ3n) is 4.07. The maximum Gasteiger partial charge on any atom is 0.0962 e. The van der Waals surface area contributed by atoms with E-state index in [0.717, 1.165) is 43.8 Å². The molecule has 2 N–H and O–H groups in total. The van der Waals surface area contributed by atoms with Gasteiger partial charge in [0.1, 0.15) is 0 Å². The van der Waals surface area contributed by atoms with Crippen molar-refractivity contribution in [3.8, 4) is 0 Å². The molecule has 1 aromatic rings. The standard InChI is InChI=1S/C16H25N2O/c1-4-19-16(14-6-5-7-15(17)12-14)8-10-18(11-9-16)13(2)3/h5,7,12-13H,4,8-11,17H2,1-3H3. The summed E-state index contributed by atoms with van der Waals surface area (Å²) in [6.07, 6.45) is 2.03. The number of benzene rings is 1. The van der Waals surface area contributed by atoms with Gasteiger partial charge in [0.15, 0.2) is 0 Å². The Morgan fingerprint density at radius 1 is 1.42 bits per heavy atom. The number of rotatable bonds is 4. The average molecular weight is 261 g/mol. The van der Waals surface area contributed by atoms with Gasteiger partial charge >= 0.3 is 0 Å². The predicted octanol–water partition coefficient (Wildman–Crippen LogP) is 2.80. The Morgan fingerprint density at radius 2 is 2.11 bits per heavy atom. The maximum atomic E-state index is 6.13. The minimum absolute atomic E-state index is 0.199. The summed E-state index contributed by atoms with van der Waals surface area (Å²) in [5.74, 6) is 0. The van der Waals surface area contributed by atoms with Gasteiger partial charge in [-0.05, 0) is 57.4 Å². The number of ether oxygens (including phenoxy) is 1. The highest BCUT2D eigenvalue weighted by Crippen LogP contribution is 2.37. The van der Waals surface area contributed by atoms with E-state index < -0.39 is 0 Å². The van der Waals surface area contributed by atoms with Crippen LogP contribution in [0.15, 0.2) is 18.2 Å². The van der Waals surface area contributed by atoms with Crippen molar-refractivity contribution in [1.82, 2.24) is 4.90 Å². The third kappa shape index (κ3) is 3.10. The Labute approximate surface area is 116 Å². The first-order valence-electron chi connectivity index (χ1n) is 7.23. The number of hydrogen-bond donors (Lipinski definition) is 1. The topological polar surface area (TPSA) is 38.5 Å². The van der Waals surface area contributed by atoms with E-state index >= 15 is 0 Å². The van der Waals surface area contributed by atoms with Gasteiger partial charge in [-0.25, -0.2) is 0 Å². The number of nitrogens with zero attached hydrogens (tertiary/aromatic N) is 1. The second-order valence-electron chi connectivity index (χ2n) is 5.59. The summed E-state index contributed by atoms with van der Waals surface area (Å²) in [7, 11) is 0. The molecule has 0 atom stereocenters. The summed E-state index contributed by atoms with van der Waals surface area (Å²) < 4.78 is 6.13. The Balaban J connectivity index is 2.20. The fourth-order valence-corrected chi connectivity index (χ4v) is 2.92. The van der Waals surface area contributed by atoms with Crippen LogP contribution in [0.4, 0.5) is 5.69 Å². The highest BCUT2D eigenvalue weighted by molar-refractivity contribution is 5.42. The van der Waals surface area contributed by atoms with E-state index in [0.29, 0.717) is 6.04 Å². The van der Waals surface area contributed by atoms with Gasteiger partial charge in [-0.15, -0.1) is 0 Å². The van der Waals surface area contributed by atoms with Gasteiger partial charge in [0.05, 0.1) is 5.60 Å². The van der Waals surface area contributed by atoms with Crippen molar-refractivity contribution < 1.29 is 4.74 Å². The highest BCUT2D eigenvalue weighted by Gasteiger charge is 2.37. The van der Waals surface area contributed by atoms with Gasteiger partial charge < -0.3 is 15.4 Å². The summed E-state index contributed by atoms with van der Waals surface area (Å²) in [6, 6.07) is 9.73. The molecule has 0 amide bonds. The van der Waals surface area contributed by atoms with E-state index in [2.05, 4.69) is 31.7 Å². The van der Waals surface area contributed by atoms with Gasteiger partial charge in [-0.1, -0.05) is 6.07 Å². The predicted molar refractivity (Wildman–Crippen MR) is 78.9 cm³/mol. The molecule has 1 aliphatic rings. The van der Waals surface area contributed by atoms with Crippen LogP contribution < -0.4 is 5.73 Å². The fourth-order valence-electron chi connectivity index (χ4n) is 2.92. The van der Waals surface area contributed by atoms with Gasteiger partial charge in [0.2, 0.25) is 0 Å². The van der Waals surface area contributed by atoms with E-state index in [1.807, 2.05) is 18.2 Å². The minimum atomic E-state index is -0.199. The number of nitrogen functional groups attached to an aromatic ring is 1. The lowest BCUT2D eigenvalue weighted by Gasteiger charge is -2.43. The van der Waals surface area contributed by atoms with Crippen LogP contribution in [0.3, 0.4) is 0 Å².